The van der Waals surface area contributed by atoms with E-state index >= 15 is 0 Å². The third-order valence-electron chi connectivity index (χ3n) is 4.37. The van der Waals surface area contributed by atoms with Crippen LogP contribution in [0.5, 0.6) is 5.75 Å². The number of hydrogen-bond acceptors (Lipinski definition) is 4. The molecule has 7 nitrogen and oxygen atoms in total. The Hall–Kier alpha value is -3.87. The summed E-state index contributed by atoms with van der Waals surface area (Å²) < 4.78 is 7.44. The van der Waals surface area contributed by atoms with Crippen molar-refractivity contribution in [2.75, 3.05) is 7.11 Å². The maximum Gasteiger partial charge on any atom is 0.291 e. The number of imidazole rings is 1. The van der Waals surface area contributed by atoms with E-state index in [2.05, 4.69) is 64.1 Å². The van der Waals surface area contributed by atoms with Gasteiger partial charge in [0.2, 0.25) is 0 Å². The Kier molecular flexibility index (Phi) is 5.86. The van der Waals surface area contributed by atoms with Crippen LogP contribution in [0.25, 0.3) is 10.8 Å². The predicted molar refractivity (Wildman–Crippen MR) is 105 cm³/mol. The highest BCUT2D eigenvalue weighted by atomic mass is 16.9. The first kappa shape index (κ1) is 18.9. The Morgan fingerprint density at radius 3 is 2.39 bits per heavy atom. The van der Waals surface area contributed by atoms with E-state index in [1.165, 1.54) is 21.9 Å². The molecule has 0 radical (unpaired) electrons. The monoisotopic (exact) mass is 377 g/mol. The zero-order valence-corrected chi connectivity index (χ0v) is 15.2. The molecule has 1 unspecified atom stereocenters. The van der Waals surface area contributed by atoms with Crippen molar-refractivity contribution < 1.29 is 15.0 Å². The molecular formula is C21H19N3O4. The lowest BCUT2D eigenvalue weighted by Gasteiger charge is -2.21. The minimum Gasteiger partial charge on any atom is -0.497 e. The number of aromatic nitrogens is 2. The third-order valence-corrected chi connectivity index (χ3v) is 4.37. The molecular weight excluding hydrogens is 358 g/mol. The fourth-order valence-corrected chi connectivity index (χ4v) is 3.21. The molecule has 0 saturated carbocycles. The molecule has 0 aliphatic rings. The molecule has 4 rings (SSSR count). The molecule has 3 aromatic carbocycles. The number of benzene rings is 3. The molecule has 0 amide bonds. The SMILES string of the molecule is COc1ccc(C(c2cccc3ccccc23)n2ccnc2)cc1.O=[N+]([O-])O. The second-order valence-electron chi connectivity index (χ2n) is 5.99. The number of fused-ring (bicyclic) bond motifs is 1. The summed E-state index contributed by atoms with van der Waals surface area (Å²) in [6.07, 6.45) is 5.70. The Balaban J connectivity index is 0.000000516. The molecule has 1 aromatic heterocycles. The largest absolute Gasteiger partial charge is 0.497 e. The number of hydrogen-bond donors (Lipinski definition) is 1. The molecule has 0 bridgehead atoms. The third kappa shape index (κ3) is 4.27. The first-order valence-electron chi connectivity index (χ1n) is 8.52. The van der Waals surface area contributed by atoms with E-state index in [1.54, 1.807) is 7.11 Å². The normalized spacial score (nSPS) is 11.3. The highest BCUT2D eigenvalue weighted by molar-refractivity contribution is 5.86. The van der Waals surface area contributed by atoms with Gasteiger partial charge in [-0.3, -0.25) is 0 Å². The topological polar surface area (TPSA) is 90.4 Å². The molecule has 1 heterocycles. The molecule has 0 fully saturated rings. The van der Waals surface area contributed by atoms with Crippen LogP contribution >= 0.6 is 0 Å². The van der Waals surface area contributed by atoms with E-state index in [-0.39, 0.29) is 6.04 Å². The van der Waals surface area contributed by atoms with Gasteiger partial charge in [0, 0.05) is 12.4 Å². The number of nitrogens with zero attached hydrogens (tertiary/aromatic N) is 3. The van der Waals surface area contributed by atoms with E-state index in [9.17, 15) is 0 Å². The van der Waals surface area contributed by atoms with Gasteiger partial charge in [-0.25, -0.2) is 4.98 Å². The lowest BCUT2D eigenvalue weighted by molar-refractivity contribution is -0.742. The minimum atomic E-state index is -1.50. The van der Waals surface area contributed by atoms with Gasteiger partial charge in [0.15, 0.2) is 0 Å². The van der Waals surface area contributed by atoms with Crippen LogP contribution in [0.15, 0.2) is 85.5 Å². The standard InChI is InChI=1S/C21H18N2O.HNO3/c1-24-18-11-9-17(10-12-18)21(23-14-13-22-15-23)20-8-4-6-16-5-2-3-7-19(16)20;2-1(3)4/h2-15,21H,1H3;(H,2,3,4). The molecule has 4 aromatic rings. The Labute approximate surface area is 161 Å². The lowest BCUT2D eigenvalue weighted by Crippen LogP contribution is -2.11. The van der Waals surface area contributed by atoms with E-state index in [0.29, 0.717) is 0 Å². The summed E-state index contributed by atoms with van der Waals surface area (Å²) in [5, 5.41) is 16.1. The second kappa shape index (κ2) is 8.68. The highest BCUT2D eigenvalue weighted by Gasteiger charge is 2.18. The fraction of sp³-hybridized carbons (Fsp3) is 0.0952. The average molecular weight is 377 g/mol. The highest BCUT2D eigenvalue weighted by Crippen LogP contribution is 2.32. The number of rotatable bonds is 4. The molecule has 0 aliphatic heterocycles. The van der Waals surface area contributed by atoms with E-state index in [0.717, 1.165) is 5.75 Å². The molecule has 0 spiro atoms. The summed E-state index contributed by atoms with van der Waals surface area (Å²) in [6.45, 7) is 0. The summed E-state index contributed by atoms with van der Waals surface area (Å²) >= 11 is 0. The van der Waals surface area contributed by atoms with E-state index in [4.69, 9.17) is 20.1 Å². The van der Waals surface area contributed by atoms with Crippen molar-refractivity contribution >= 4 is 10.8 Å². The van der Waals surface area contributed by atoms with Crippen LogP contribution in [0, 0.1) is 10.1 Å². The Morgan fingerprint density at radius 1 is 1.07 bits per heavy atom. The number of ether oxygens (including phenoxy) is 1. The van der Waals surface area contributed by atoms with Gasteiger partial charge in [-0.05, 0) is 34.0 Å². The average Bonchev–Trinajstić information content (AvgIpc) is 3.23. The van der Waals surface area contributed by atoms with Crippen LogP contribution < -0.4 is 4.74 Å². The smallest absolute Gasteiger partial charge is 0.291 e. The Bertz CT molecular complexity index is 1040. The molecule has 0 aliphatic carbocycles. The molecule has 0 saturated heterocycles. The maximum atomic E-state index is 8.36. The quantitative estimate of drug-likeness (QED) is 0.422. The lowest BCUT2D eigenvalue weighted by atomic mass is 9.93. The van der Waals surface area contributed by atoms with E-state index in [1.807, 2.05) is 30.9 Å². The van der Waals surface area contributed by atoms with Gasteiger partial charge in [0.05, 0.1) is 19.5 Å². The van der Waals surface area contributed by atoms with Crippen molar-refractivity contribution in [3.63, 3.8) is 0 Å². The van der Waals surface area contributed by atoms with Gasteiger partial charge < -0.3 is 14.5 Å². The summed E-state index contributed by atoms with van der Waals surface area (Å²) in [6, 6.07) is 23.3. The molecule has 7 heteroatoms. The van der Waals surface area contributed by atoms with Gasteiger partial charge in [-0.2, -0.15) is 0 Å². The van der Waals surface area contributed by atoms with Crippen molar-refractivity contribution in [1.29, 1.82) is 0 Å². The van der Waals surface area contributed by atoms with Crippen molar-refractivity contribution in [2.45, 2.75) is 6.04 Å². The zero-order chi connectivity index (χ0) is 19.9. The zero-order valence-electron chi connectivity index (χ0n) is 15.2. The molecule has 1 N–H and O–H groups in total. The van der Waals surface area contributed by atoms with Crippen LogP contribution in [-0.2, 0) is 0 Å². The van der Waals surface area contributed by atoms with Gasteiger partial charge in [0.1, 0.15) is 5.75 Å². The van der Waals surface area contributed by atoms with Gasteiger partial charge in [-0.15, -0.1) is 10.1 Å². The first-order valence-corrected chi connectivity index (χ1v) is 8.52. The Morgan fingerprint density at radius 2 is 1.75 bits per heavy atom. The summed E-state index contributed by atoms with van der Waals surface area (Å²) in [7, 11) is 1.69. The van der Waals surface area contributed by atoms with Crippen molar-refractivity contribution in [3.8, 4) is 5.75 Å². The molecule has 142 valence electrons. The van der Waals surface area contributed by atoms with Crippen LogP contribution in [0.3, 0.4) is 0 Å². The summed E-state index contributed by atoms with van der Waals surface area (Å²) in [4.78, 5) is 12.6. The van der Waals surface area contributed by atoms with Crippen molar-refractivity contribution in [2.24, 2.45) is 0 Å². The summed E-state index contributed by atoms with van der Waals surface area (Å²) in [5.41, 5.74) is 2.46. The van der Waals surface area contributed by atoms with Crippen molar-refractivity contribution in [3.05, 3.63) is 107 Å². The molecule has 1 atom stereocenters. The van der Waals surface area contributed by atoms with Gasteiger partial charge in [0.25, 0.3) is 5.09 Å². The summed E-state index contributed by atoms with van der Waals surface area (Å²) in [5.74, 6) is 0.862. The van der Waals surface area contributed by atoms with Crippen LogP contribution in [0.4, 0.5) is 0 Å². The molecule has 28 heavy (non-hydrogen) atoms. The van der Waals surface area contributed by atoms with Crippen LogP contribution in [-0.4, -0.2) is 27.0 Å². The maximum absolute atomic E-state index is 8.36. The number of methoxy groups -OCH3 is 1. The minimum absolute atomic E-state index is 0.0736. The van der Waals surface area contributed by atoms with Gasteiger partial charge >= 0.3 is 0 Å². The van der Waals surface area contributed by atoms with E-state index < -0.39 is 5.09 Å². The first-order chi connectivity index (χ1) is 13.6. The van der Waals surface area contributed by atoms with Crippen LogP contribution in [0.2, 0.25) is 0 Å². The fourth-order valence-electron chi connectivity index (χ4n) is 3.21. The van der Waals surface area contributed by atoms with Crippen molar-refractivity contribution in [1.82, 2.24) is 9.55 Å². The van der Waals surface area contributed by atoms with Gasteiger partial charge in [-0.1, -0.05) is 54.6 Å². The predicted octanol–water partition coefficient (Wildman–Crippen LogP) is 4.33. The second-order valence-corrected chi connectivity index (χ2v) is 5.99. The van der Waals surface area contributed by atoms with Crippen LogP contribution in [0.1, 0.15) is 17.2 Å².